The summed E-state index contributed by atoms with van der Waals surface area (Å²) >= 11 is 1.55. The predicted octanol–water partition coefficient (Wildman–Crippen LogP) is 2.88. The number of amidine groups is 1. The molecule has 0 amide bonds. The molecule has 3 N–H and O–H groups in total. The Balaban J connectivity index is 1.30. The number of aromatic nitrogens is 2. The van der Waals surface area contributed by atoms with Crippen molar-refractivity contribution >= 4 is 39.3 Å². The van der Waals surface area contributed by atoms with Gasteiger partial charge in [0.05, 0.1) is 17.6 Å². The first kappa shape index (κ1) is 19.2. The topological polar surface area (TPSA) is 108 Å². The Hall–Kier alpha value is -2.76. The molecule has 0 spiro atoms. The largest absolute Gasteiger partial charge is 0.300 e. The van der Waals surface area contributed by atoms with E-state index in [1.54, 1.807) is 30.3 Å². The number of nitrogens with one attached hydrogen (secondary N) is 3. The number of aryl methyl sites for hydroxylation is 1. The summed E-state index contributed by atoms with van der Waals surface area (Å²) in [4.78, 5) is 7.44. The van der Waals surface area contributed by atoms with Gasteiger partial charge in [0.15, 0.2) is 12.0 Å². The maximum Gasteiger partial charge on any atom is 0.285 e. The number of hydrogen-bond donors (Lipinski definition) is 3. The van der Waals surface area contributed by atoms with Crippen LogP contribution in [0.1, 0.15) is 18.5 Å². The van der Waals surface area contributed by atoms with Crippen LogP contribution in [0, 0.1) is 6.92 Å². The van der Waals surface area contributed by atoms with Crippen molar-refractivity contribution in [2.75, 3.05) is 16.6 Å². The van der Waals surface area contributed by atoms with E-state index in [4.69, 9.17) is 0 Å². The molecule has 5 rings (SSSR count). The van der Waals surface area contributed by atoms with Gasteiger partial charge in [0.1, 0.15) is 6.54 Å². The van der Waals surface area contributed by atoms with Crippen LogP contribution < -0.4 is 14.9 Å². The third-order valence-electron chi connectivity index (χ3n) is 4.80. The molecule has 3 aliphatic rings. The number of H-pyrrole nitrogens is 1. The Kier molecular flexibility index (Phi) is 4.80. The summed E-state index contributed by atoms with van der Waals surface area (Å²) < 4.78 is 28.9. The molecular formula is C19H21N7O2S2+. The van der Waals surface area contributed by atoms with Crippen molar-refractivity contribution in [3.8, 4) is 0 Å². The number of aromatic amines is 1. The molecule has 1 radical (unpaired) electrons. The van der Waals surface area contributed by atoms with E-state index in [1.807, 2.05) is 42.4 Å². The van der Waals surface area contributed by atoms with Gasteiger partial charge in [-0.1, -0.05) is 0 Å². The molecule has 0 unspecified atom stereocenters. The highest BCUT2D eigenvalue weighted by molar-refractivity contribution is 7.97. The van der Waals surface area contributed by atoms with Crippen molar-refractivity contribution in [1.29, 1.82) is 0 Å². The van der Waals surface area contributed by atoms with E-state index in [1.165, 1.54) is 0 Å². The van der Waals surface area contributed by atoms with Crippen molar-refractivity contribution in [3.05, 3.63) is 60.4 Å². The summed E-state index contributed by atoms with van der Waals surface area (Å²) in [6.07, 6.45) is 7.18. The highest BCUT2D eigenvalue weighted by Gasteiger charge is 2.38. The smallest absolute Gasteiger partial charge is 0.285 e. The fraction of sp³-hybridized carbons (Fsp3) is 0.263. The molecule has 30 heavy (non-hydrogen) atoms. The van der Waals surface area contributed by atoms with Gasteiger partial charge in [-0.05, 0) is 60.9 Å². The van der Waals surface area contributed by atoms with Crippen molar-refractivity contribution in [1.82, 2.24) is 19.4 Å². The lowest BCUT2D eigenvalue weighted by Crippen LogP contribution is -2.42. The molecule has 1 aromatic carbocycles. The summed E-state index contributed by atoms with van der Waals surface area (Å²) in [7, 11) is -3.25. The van der Waals surface area contributed by atoms with Crippen LogP contribution in [-0.2, 0) is 10.0 Å². The zero-order chi connectivity index (χ0) is 20.7. The number of aliphatic imine (C=N–C) groups is 1. The molecule has 0 bridgehead atoms. The second kappa shape index (κ2) is 7.49. The average Bonchev–Trinajstić information content (AvgIpc) is 3.35. The van der Waals surface area contributed by atoms with Gasteiger partial charge in [0, 0.05) is 22.3 Å². The van der Waals surface area contributed by atoms with Crippen LogP contribution in [0.4, 0.5) is 11.5 Å². The van der Waals surface area contributed by atoms with E-state index in [9.17, 15) is 8.42 Å². The van der Waals surface area contributed by atoms with Gasteiger partial charge in [-0.2, -0.15) is 10.1 Å². The number of benzene rings is 1. The molecule has 1 aromatic heterocycles. The number of sulfonamides is 1. The van der Waals surface area contributed by atoms with Crippen LogP contribution in [0.2, 0.25) is 0 Å². The molecule has 1 aliphatic carbocycles. The van der Waals surface area contributed by atoms with Gasteiger partial charge < -0.3 is 0 Å². The Labute approximate surface area is 179 Å². The molecular weight excluding hydrogens is 422 g/mol. The summed E-state index contributed by atoms with van der Waals surface area (Å²) in [6, 6.07) is 9.35. The third-order valence-corrected chi connectivity index (χ3v) is 7.62. The average molecular weight is 444 g/mol. The van der Waals surface area contributed by atoms with Crippen molar-refractivity contribution in [3.63, 3.8) is 0 Å². The summed E-state index contributed by atoms with van der Waals surface area (Å²) in [5, 5.41) is 10.2. The lowest BCUT2D eigenvalue weighted by atomic mass is 10.3. The molecule has 2 aliphatic heterocycles. The SMILES string of the molecule is Cc1cc(NC2=CN(Sc3ccc(NS(=O)(=O)C4CC4)cc3)CC3=NC=C[N+]23)n[nH]1. The van der Waals surface area contributed by atoms with E-state index in [2.05, 4.69) is 29.5 Å². The number of hydrogen-bond acceptors (Lipinski definition) is 8. The molecule has 1 saturated carbocycles. The molecule has 155 valence electrons. The highest BCUT2D eigenvalue weighted by Crippen LogP contribution is 2.32. The van der Waals surface area contributed by atoms with Crippen LogP contribution in [0.15, 0.2) is 64.6 Å². The quantitative estimate of drug-likeness (QED) is 0.449. The number of anilines is 2. The molecule has 0 saturated heterocycles. The van der Waals surface area contributed by atoms with Crippen LogP contribution in [0.3, 0.4) is 0 Å². The molecule has 9 nitrogen and oxygen atoms in total. The van der Waals surface area contributed by atoms with E-state index in [0.29, 0.717) is 12.2 Å². The Morgan fingerprint density at radius 3 is 2.77 bits per heavy atom. The van der Waals surface area contributed by atoms with Crippen molar-refractivity contribution < 1.29 is 8.42 Å². The third kappa shape index (κ3) is 4.09. The van der Waals surface area contributed by atoms with E-state index in [-0.39, 0.29) is 5.25 Å². The lowest BCUT2D eigenvalue weighted by molar-refractivity contribution is 0.600. The zero-order valence-corrected chi connectivity index (χ0v) is 17.9. The second-order valence-electron chi connectivity index (χ2n) is 7.33. The minimum atomic E-state index is -3.25. The summed E-state index contributed by atoms with van der Waals surface area (Å²) in [5.74, 6) is 2.49. The van der Waals surface area contributed by atoms with Crippen LogP contribution in [0.25, 0.3) is 0 Å². The maximum absolute atomic E-state index is 12.1. The molecule has 1 fully saturated rings. The van der Waals surface area contributed by atoms with Gasteiger partial charge in [0.25, 0.3) is 11.7 Å². The second-order valence-corrected chi connectivity index (χ2v) is 10.4. The fourth-order valence-corrected chi connectivity index (χ4v) is 5.41. The highest BCUT2D eigenvalue weighted by atomic mass is 32.2. The zero-order valence-electron chi connectivity index (χ0n) is 16.2. The predicted molar refractivity (Wildman–Crippen MR) is 118 cm³/mol. The Morgan fingerprint density at radius 2 is 2.07 bits per heavy atom. The number of fused-ring (bicyclic) bond motifs is 1. The first-order valence-corrected chi connectivity index (χ1v) is 11.9. The van der Waals surface area contributed by atoms with Gasteiger partial charge in [0.2, 0.25) is 10.0 Å². The maximum atomic E-state index is 12.1. The molecule has 3 heterocycles. The monoisotopic (exact) mass is 443 g/mol. The van der Waals surface area contributed by atoms with E-state index in [0.717, 1.165) is 40.9 Å². The fourth-order valence-electron chi connectivity index (χ4n) is 3.16. The van der Waals surface area contributed by atoms with Gasteiger partial charge in [-0.15, -0.1) is 0 Å². The Morgan fingerprint density at radius 1 is 1.27 bits per heavy atom. The molecule has 0 atom stereocenters. The van der Waals surface area contributed by atoms with Crippen LogP contribution in [0.5, 0.6) is 0 Å². The minimum Gasteiger partial charge on any atom is -0.300 e. The summed E-state index contributed by atoms with van der Waals surface area (Å²) in [6.45, 7) is 2.59. The van der Waals surface area contributed by atoms with Crippen molar-refractivity contribution in [2.45, 2.75) is 29.9 Å². The minimum absolute atomic E-state index is 0.238. The van der Waals surface area contributed by atoms with Crippen molar-refractivity contribution in [2.24, 2.45) is 4.99 Å². The van der Waals surface area contributed by atoms with Gasteiger partial charge in [-0.3, -0.25) is 19.4 Å². The van der Waals surface area contributed by atoms with Crippen LogP contribution >= 0.6 is 11.9 Å². The van der Waals surface area contributed by atoms with E-state index >= 15 is 0 Å². The summed E-state index contributed by atoms with van der Waals surface area (Å²) in [5.41, 5.74) is 1.57. The van der Waals surface area contributed by atoms with Gasteiger partial charge >= 0.3 is 0 Å². The lowest BCUT2D eigenvalue weighted by Gasteiger charge is -2.24. The number of nitrogens with zero attached hydrogens (tertiary/aromatic N) is 4. The first-order valence-electron chi connectivity index (χ1n) is 9.56. The number of rotatable bonds is 7. The Bertz CT molecular complexity index is 1150. The van der Waals surface area contributed by atoms with Gasteiger partial charge in [-0.25, -0.2) is 8.42 Å². The van der Waals surface area contributed by atoms with Crippen LogP contribution in [-0.4, -0.2) is 40.6 Å². The molecule has 2 aromatic rings. The first-order chi connectivity index (χ1) is 14.5. The molecule has 11 heteroatoms. The van der Waals surface area contributed by atoms with E-state index < -0.39 is 10.0 Å². The standard InChI is InChI=1S/C19H21N7O2S2/c1-13-10-17(23-22-13)21-19-12-25(11-18-20-8-9-26(18)19)29-15-4-2-14(3-5-15)24-30(27,28)16-6-7-16/h2-5,8-10,12,16,24H,6-7,11H2,1H3,(H2,21,22,23)/q+1. The normalized spacial score (nSPS) is 18.8.